The third kappa shape index (κ3) is 5.50. The second-order valence-corrected chi connectivity index (χ2v) is 9.72. The lowest BCUT2D eigenvalue weighted by Crippen LogP contribution is -2.54. The summed E-state index contributed by atoms with van der Waals surface area (Å²) in [4.78, 5) is 36.9. The monoisotopic (exact) mass is 478 g/mol. The molecule has 4 rings (SSSR count). The van der Waals surface area contributed by atoms with Crippen molar-refractivity contribution in [1.29, 1.82) is 0 Å². The molecule has 0 spiro atoms. The van der Waals surface area contributed by atoms with Gasteiger partial charge >= 0.3 is 12.1 Å². The Bertz CT molecular complexity index is 1030. The van der Waals surface area contributed by atoms with E-state index in [2.05, 4.69) is 34.9 Å². The highest BCUT2D eigenvalue weighted by Crippen LogP contribution is 2.44. The Labute approximate surface area is 206 Å². The molecular formula is C28H34N2O5. The van der Waals surface area contributed by atoms with Crippen LogP contribution in [-0.2, 0) is 14.3 Å². The number of amides is 2. The molecule has 1 atom stereocenters. The van der Waals surface area contributed by atoms with Gasteiger partial charge in [-0.1, -0.05) is 74.7 Å². The van der Waals surface area contributed by atoms with Crippen molar-refractivity contribution >= 4 is 18.0 Å². The number of hydrogen-bond acceptors (Lipinski definition) is 4. The molecule has 2 aromatic carbocycles. The van der Waals surface area contributed by atoms with Crippen molar-refractivity contribution in [3.05, 3.63) is 59.7 Å². The quantitative estimate of drug-likeness (QED) is 0.428. The maximum Gasteiger partial charge on any atom is 0.407 e. The molecule has 7 heteroatoms. The third-order valence-corrected chi connectivity index (χ3v) is 7.37. The Balaban J connectivity index is 1.33. The number of alkyl carbamates (subject to hydrolysis) is 1. The van der Waals surface area contributed by atoms with Gasteiger partial charge < -0.3 is 20.5 Å². The minimum atomic E-state index is -0.925. The van der Waals surface area contributed by atoms with Crippen molar-refractivity contribution < 1.29 is 24.2 Å². The normalized spacial score (nSPS) is 16.4. The molecule has 2 aromatic rings. The molecule has 0 saturated heterocycles. The van der Waals surface area contributed by atoms with Crippen molar-refractivity contribution in [3.8, 4) is 11.1 Å². The molecule has 186 valence electrons. The number of carbonyl (C=O) groups is 3. The molecule has 0 aliphatic heterocycles. The number of carbonyl (C=O) groups excluding carboxylic acids is 2. The molecule has 0 radical (unpaired) electrons. The van der Waals surface area contributed by atoms with E-state index >= 15 is 0 Å². The number of unbranched alkanes of at least 4 members (excludes halogenated alkanes) is 1. The van der Waals surface area contributed by atoms with E-state index in [0.717, 1.165) is 30.4 Å². The van der Waals surface area contributed by atoms with Crippen LogP contribution in [0.3, 0.4) is 0 Å². The maximum absolute atomic E-state index is 13.1. The van der Waals surface area contributed by atoms with Gasteiger partial charge in [0.1, 0.15) is 6.61 Å². The molecule has 0 aromatic heterocycles. The molecule has 1 saturated carbocycles. The van der Waals surface area contributed by atoms with E-state index in [-0.39, 0.29) is 31.4 Å². The van der Waals surface area contributed by atoms with Gasteiger partial charge in [-0.05, 0) is 41.5 Å². The zero-order valence-electron chi connectivity index (χ0n) is 20.2. The molecule has 7 nitrogen and oxygen atoms in total. The number of aliphatic carboxylic acids is 1. The van der Waals surface area contributed by atoms with Gasteiger partial charge in [0.25, 0.3) is 0 Å². The maximum atomic E-state index is 13.1. The van der Waals surface area contributed by atoms with Crippen LogP contribution in [0.15, 0.2) is 48.5 Å². The zero-order valence-corrected chi connectivity index (χ0v) is 20.2. The summed E-state index contributed by atoms with van der Waals surface area (Å²) in [5.41, 5.74) is 3.93. The molecule has 0 bridgehead atoms. The number of rotatable bonds is 11. The second-order valence-electron chi connectivity index (χ2n) is 9.72. The largest absolute Gasteiger partial charge is 0.481 e. The van der Waals surface area contributed by atoms with Gasteiger partial charge in [-0.25, -0.2) is 4.79 Å². The fourth-order valence-electron chi connectivity index (χ4n) is 5.20. The topological polar surface area (TPSA) is 105 Å². The van der Waals surface area contributed by atoms with Gasteiger partial charge in [-0.3, -0.25) is 9.59 Å². The Hall–Kier alpha value is -3.35. The molecule has 2 aliphatic rings. The summed E-state index contributed by atoms with van der Waals surface area (Å²) < 4.78 is 5.61. The van der Waals surface area contributed by atoms with E-state index in [9.17, 15) is 19.5 Å². The average Bonchev–Trinajstić information content (AvgIpc) is 3.14. The lowest BCUT2D eigenvalue weighted by Gasteiger charge is -2.41. The van der Waals surface area contributed by atoms with Crippen LogP contribution in [0.25, 0.3) is 11.1 Å². The fourth-order valence-corrected chi connectivity index (χ4v) is 5.20. The van der Waals surface area contributed by atoms with Crippen LogP contribution < -0.4 is 10.6 Å². The van der Waals surface area contributed by atoms with E-state index in [1.54, 1.807) is 0 Å². The number of ether oxygens (including phenoxy) is 1. The van der Waals surface area contributed by atoms with Crippen molar-refractivity contribution in [1.82, 2.24) is 10.6 Å². The lowest BCUT2D eigenvalue weighted by atomic mass is 9.68. The summed E-state index contributed by atoms with van der Waals surface area (Å²) in [7, 11) is 0. The summed E-state index contributed by atoms with van der Waals surface area (Å²) in [6, 6.07) is 15.9. The van der Waals surface area contributed by atoms with Crippen molar-refractivity contribution in [2.45, 2.75) is 63.8 Å². The van der Waals surface area contributed by atoms with Crippen LogP contribution in [0.5, 0.6) is 0 Å². The zero-order chi connectivity index (χ0) is 24.8. The van der Waals surface area contributed by atoms with Crippen molar-refractivity contribution in [2.24, 2.45) is 5.41 Å². The molecule has 1 fully saturated rings. The Morgan fingerprint density at radius 3 is 2.23 bits per heavy atom. The highest BCUT2D eigenvalue weighted by molar-refractivity contribution is 5.85. The van der Waals surface area contributed by atoms with E-state index in [4.69, 9.17) is 4.74 Å². The van der Waals surface area contributed by atoms with Crippen LogP contribution in [0, 0.1) is 5.41 Å². The summed E-state index contributed by atoms with van der Waals surface area (Å²) >= 11 is 0. The minimum absolute atomic E-state index is 0.0237. The first kappa shape index (κ1) is 24.8. The van der Waals surface area contributed by atoms with Gasteiger partial charge in [0.05, 0.1) is 11.8 Å². The molecule has 3 N–H and O–H groups in total. The van der Waals surface area contributed by atoms with Crippen LogP contribution in [0.2, 0.25) is 0 Å². The minimum Gasteiger partial charge on any atom is -0.481 e. The van der Waals surface area contributed by atoms with Crippen molar-refractivity contribution in [2.75, 3.05) is 13.2 Å². The predicted molar refractivity (Wildman–Crippen MR) is 133 cm³/mol. The molecule has 0 unspecified atom stereocenters. The fraction of sp³-hybridized carbons (Fsp3) is 0.464. The Morgan fingerprint density at radius 2 is 1.69 bits per heavy atom. The van der Waals surface area contributed by atoms with Crippen LogP contribution >= 0.6 is 0 Å². The number of nitrogens with one attached hydrogen (secondary N) is 2. The Kier molecular flexibility index (Phi) is 7.73. The Morgan fingerprint density at radius 1 is 1.06 bits per heavy atom. The van der Waals surface area contributed by atoms with E-state index in [1.807, 2.05) is 31.2 Å². The van der Waals surface area contributed by atoms with Crippen LogP contribution in [0.4, 0.5) is 4.79 Å². The molecule has 2 aliphatic carbocycles. The molecule has 0 heterocycles. The summed E-state index contributed by atoms with van der Waals surface area (Å²) in [5.74, 6) is -1.12. The number of hydrogen-bond donors (Lipinski definition) is 3. The highest BCUT2D eigenvalue weighted by Gasteiger charge is 2.45. The van der Waals surface area contributed by atoms with Gasteiger partial charge in [-0.15, -0.1) is 0 Å². The van der Waals surface area contributed by atoms with Gasteiger partial charge in [0.2, 0.25) is 5.91 Å². The smallest absolute Gasteiger partial charge is 0.407 e. The summed E-state index contributed by atoms with van der Waals surface area (Å²) in [6.07, 6.45) is 4.00. The second kappa shape index (κ2) is 10.9. The standard InChI is InChI=1S/C28H34N2O5/c1-2-3-9-19(16-25(31)32)30-26(33)28(14-8-15-28)18-29-27(34)35-17-24-22-12-6-4-10-20(22)21-11-5-7-13-23(21)24/h4-7,10-13,19,24H,2-3,8-9,14-18H2,1H3,(H,29,34)(H,30,33)(H,31,32)/t19-/m1/s1. The molecule has 35 heavy (non-hydrogen) atoms. The summed E-state index contributed by atoms with van der Waals surface area (Å²) in [6.45, 7) is 2.44. The number of carboxylic acid groups (broad SMARTS) is 1. The van der Waals surface area contributed by atoms with Crippen LogP contribution in [-0.4, -0.2) is 42.3 Å². The first-order chi connectivity index (χ1) is 16.9. The third-order valence-electron chi connectivity index (χ3n) is 7.37. The summed E-state index contributed by atoms with van der Waals surface area (Å²) in [5, 5.41) is 14.9. The SMILES string of the molecule is CCCC[C@H](CC(=O)O)NC(=O)C1(CNC(=O)OCC2c3ccccc3-c3ccccc32)CCC1. The predicted octanol–water partition coefficient (Wildman–Crippen LogP) is 4.85. The van der Waals surface area contributed by atoms with Gasteiger partial charge in [-0.2, -0.15) is 0 Å². The first-order valence-electron chi connectivity index (χ1n) is 12.5. The van der Waals surface area contributed by atoms with E-state index in [1.165, 1.54) is 11.1 Å². The number of benzene rings is 2. The van der Waals surface area contributed by atoms with Crippen molar-refractivity contribution in [3.63, 3.8) is 0 Å². The molecular weight excluding hydrogens is 444 g/mol. The first-order valence-corrected chi connectivity index (χ1v) is 12.5. The average molecular weight is 479 g/mol. The highest BCUT2D eigenvalue weighted by atomic mass is 16.5. The van der Waals surface area contributed by atoms with Gasteiger partial charge in [0, 0.05) is 18.5 Å². The van der Waals surface area contributed by atoms with E-state index < -0.39 is 23.5 Å². The number of carboxylic acids is 1. The lowest BCUT2D eigenvalue weighted by molar-refractivity contribution is -0.139. The van der Waals surface area contributed by atoms with Gasteiger partial charge in [0.15, 0.2) is 0 Å². The van der Waals surface area contributed by atoms with E-state index in [0.29, 0.717) is 19.3 Å². The molecule has 2 amide bonds. The van der Waals surface area contributed by atoms with Crippen LogP contribution in [0.1, 0.15) is 68.9 Å². The number of fused-ring (bicyclic) bond motifs is 3.